The van der Waals surface area contributed by atoms with Crippen molar-refractivity contribution >= 4 is 11.8 Å². The first-order valence-electron chi connectivity index (χ1n) is 8.96. The molecule has 1 unspecified atom stereocenters. The Bertz CT molecular complexity index is 602. The molecule has 0 radical (unpaired) electrons. The summed E-state index contributed by atoms with van der Waals surface area (Å²) < 4.78 is 0. The number of likely N-dealkylation sites (tertiary alicyclic amines) is 2. The number of nitrogens with one attached hydrogen (secondary N) is 1. The summed E-state index contributed by atoms with van der Waals surface area (Å²) in [6.45, 7) is 5.71. The lowest BCUT2D eigenvalue weighted by Gasteiger charge is -2.37. The largest absolute Gasteiger partial charge is 0.351 e. The third-order valence-corrected chi connectivity index (χ3v) is 5.14. The number of piperidine rings is 1. The second-order valence-electron chi connectivity index (χ2n) is 6.93. The first-order valence-corrected chi connectivity index (χ1v) is 8.96. The molecule has 5 nitrogen and oxygen atoms in total. The molecule has 2 fully saturated rings. The highest BCUT2D eigenvalue weighted by atomic mass is 16.2. The Morgan fingerprint density at radius 2 is 2.08 bits per heavy atom. The van der Waals surface area contributed by atoms with Gasteiger partial charge in [-0.15, -0.1) is 0 Å². The Kier molecular flexibility index (Phi) is 5.51. The van der Waals surface area contributed by atoms with E-state index in [0.29, 0.717) is 19.5 Å². The van der Waals surface area contributed by atoms with E-state index in [9.17, 15) is 9.59 Å². The molecule has 1 aromatic rings. The third-order valence-electron chi connectivity index (χ3n) is 5.14. The number of hydrogen-bond donors (Lipinski definition) is 1. The van der Waals surface area contributed by atoms with E-state index in [1.807, 2.05) is 23.1 Å². The van der Waals surface area contributed by atoms with Crippen LogP contribution in [-0.2, 0) is 16.1 Å². The maximum absolute atomic E-state index is 12.3. The van der Waals surface area contributed by atoms with Crippen LogP contribution in [-0.4, -0.2) is 53.8 Å². The quantitative estimate of drug-likeness (QED) is 0.894. The molecule has 24 heavy (non-hydrogen) atoms. The molecule has 0 spiro atoms. The monoisotopic (exact) mass is 329 g/mol. The van der Waals surface area contributed by atoms with E-state index < -0.39 is 0 Å². The Hall–Kier alpha value is -1.88. The average Bonchev–Trinajstić information content (AvgIpc) is 3.00. The van der Waals surface area contributed by atoms with Crippen molar-refractivity contribution in [2.75, 3.05) is 26.2 Å². The van der Waals surface area contributed by atoms with E-state index in [2.05, 4.69) is 23.2 Å². The summed E-state index contributed by atoms with van der Waals surface area (Å²) in [4.78, 5) is 28.4. The van der Waals surface area contributed by atoms with Crippen LogP contribution in [0.5, 0.6) is 0 Å². The molecule has 2 aliphatic heterocycles. The van der Waals surface area contributed by atoms with Crippen LogP contribution in [0.3, 0.4) is 0 Å². The zero-order valence-electron chi connectivity index (χ0n) is 14.5. The number of benzene rings is 1. The van der Waals surface area contributed by atoms with Crippen molar-refractivity contribution in [1.82, 2.24) is 15.1 Å². The normalized spacial score (nSPS) is 22.0. The second-order valence-corrected chi connectivity index (χ2v) is 6.93. The number of hydrogen-bond acceptors (Lipinski definition) is 3. The molecule has 0 saturated carbocycles. The van der Waals surface area contributed by atoms with E-state index >= 15 is 0 Å². The van der Waals surface area contributed by atoms with E-state index in [4.69, 9.17) is 0 Å². The van der Waals surface area contributed by atoms with Crippen molar-refractivity contribution in [3.8, 4) is 0 Å². The van der Waals surface area contributed by atoms with Crippen LogP contribution in [0.15, 0.2) is 24.3 Å². The van der Waals surface area contributed by atoms with E-state index in [0.717, 1.165) is 44.5 Å². The van der Waals surface area contributed by atoms with Crippen LogP contribution in [0.25, 0.3) is 0 Å². The first kappa shape index (κ1) is 17.0. The molecular weight excluding hydrogens is 302 g/mol. The maximum Gasteiger partial charge on any atom is 0.234 e. The first-order chi connectivity index (χ1) is 11.6. The van der Waals surface area contributed by atoms with Crippen LogP contribution < -0.4 is 5.32 Å². The lowest BCUT2D eigenvalue weighted by Crippen LogP contribution is -2.50. The molecule has 3 rings (SSSR count). The molecule has 0 aromatic heterocycles. The molecule has 2 saturated heterocycles. The predicted molar refractivity (Wildman–Crippen MR) is 93.4 cm³/mol. The van der Waals surface area contributed by atoms with Gasteiger partial charge in [-0.2, -0.15) is 0 Å². The number of nitrogens with zero attached hydrogens (tertiary/aromatic N) is 2. The van der Waals surface area contributed by atoms with Crippen LogP contribution in [0.1, 0.15) is 36.8 Å². The average molecular weight is 329 g/mol. The highest BCUT2D eigenvalue weighted by Crippen LogP contribution is 2.21. The Morgan fingerprint density at radius 1 is 1.25 bits per heavy atom. The molecule has 1 aromatic carbocycles. The molecular formula is C19H27N3O2. The highest BCUT2D eigenvalue weighted by molar-refractivity contribution is 5.79. The number of carbonyl (C=O) groups is 2. The molecule has 0 aliphatic carbocycles. The van der Waals surface area contributed by atoms with Gasteiger partial charge in [0, 0.05) is 32.1 Å². The van der Waals surface area contributed by atoms with Gasteiger partial charge in [0.15, 0.2) is 0 Å². The van der Waals surface area contributed by atoms with E-state index in [-0.39, 0.29) is 17.9 Å². The molecule has 130 valence electrons. The topological polar surface area (TPSA) is 52.7 Å². The van der Waals surface area contributed by atoms with Crippen LogP contribution in [0, 0.1) is 6.92 Å². The zero-order chi connectivity index (χ0) is 16.9. The lowest BCUT2D eigenvalue weighted by atomic mass is 10.0. The van der Waals surface area contributed by atoms with Crippen molar-refractivity contribution in [1.29, 1.82) is 0 Å². The smallest absolute Gasteiger partial charge is 0.234 e. The Balaban J connectivity index is 1.47. The Morgan fingerprint density at radius 3 is 2.83 bits per heavy atom. The molecule has 1 N–H and O–H groups in total. The van der Waals surface area contributed by atoms with Gasteiger partial charge in [0.1, 0.15) is 0 Å². The van der Waals surface area contributed by atoms with E-state index in [1.165, 1.54) is 5.56 Å². The molecule has 0 bridgehead atoms. The fourth-order valence-electron chi connectivity index (χ4n) is 3.75. The second kappa shape index (κ2) is 7.79. The minimum atomic E-state index is 0.0617. The fourth-order valence-corrected chi connectivity index (χ4v) is 3.75. The summed E-state index contributed by atoms with van der Waals surface area (Å²) in [6.07, 6.45) is 3.78. The summed E-state index contributed by atoms with van der Waals surface area (Å²) in [5, 5.41) is 3.02. The van der Waals surface area contributed by atoms with Gasteiger partial charge in [0.05, 0.1) is 6.54 Å². The summed E-state index contributed by atoms with van der Waals surface area (Å²) >= 11 is 0. The van der Waals surface area contributed by atoms with Gasteiger partial charge in [0.2, 0.25) is 11.8 Å². The predicted octanol–water partition coefficient (Wildman–Crippen LogP) is 1.70. The fraction of sp³-hybridized carbons (Fsp3) is 0.579. The van der Waals surface area contributed by atoms with Crippen molar-refractivity contribution in [3.05, 3.63) is 35.4 Å². The van der Waals surface area contributed by atoms with Gasteiger partial charge in [-0.05, 0) is 43.9 Å². The van der Waals surface area contributed by atoms with Gasteiger partial charge in [0.25, 0.3) is 0 Å². The number of carbonyl (C=O) groups excluding carboxylic acids is 2. The minimum absolute atomic E-state index is 0.0617. The van der Waals surface area contributed by atoms with Gasteiger partial charge in [-0.1, -0.05) is 24.3 Å². The Labute approximate surface area is 144 Å². The molecule has 2 amide bonds. The molecule has 2 heterocycles. The van der Waals surface area contributed by atoms with Gasteiger partial charge >= 0.3 is 0 Å². The van der Waals surface area contributed by atoms with E-state index in [1.54, 1.807) is 0 Å². The van der Waals surface area contributed by atoms with Gasteiger partial charge < -0.3 is 10.2 Å². The lowest BCUT2D eigenvalue weighted by molar-refractivity contribution is -0.130. The van der Waals surface area contributed by atoms with Crippen LogP contribution in [0.2, 0.25) is 0 Å². The standard InChI is InChI=1S/C19H27N3O2/c1-15-6-2-3-7-16(15)12-20-18(23)14-21-10-4-8-17(13-21)22-11-5-9-19(22)24/h2-3,6-7,17H,4-5,8-14H2,1H3,(H,20,23). The van der Waals surface area contributed by atoms with Crippen molar-refractivity contribution < 1.29 is 9.59 Å². The van der Waals surface area contributed by atoms with Crippen molar-refractivity contribution in [2.24, 2.45) is 0 Å². The zero-order valence-corrected chi connectivity index (χ0v) is 14.5. The molecule has 5 heteroatoms. The summed E-state index contributed by atoms with van der Waals surface area (Å²) in [5.41, 5.74) is 2.36. The summed E-state index contributed by atoms with van der Waals surface area (Å²) in [7, 11) is 0. The molecule has 1 atom stereocenters. The summed E-state index contributed by atoms with van der Waals surface area (Å²) in [5.74, 6) is 0.345. The van der Waals surface area contributed by atoms with Gasteiger partial charge in [-0.25, -0.2) is 0 Å². The maximum atomic E-state index is 12.3. The molecule has 2 aliphatic rings. The third kappa shape index (κ3) is 4.15. The number of amides is 2. The van der Waals surface area contributed by atoms with Crippen molar-refractivity contribution in [3.63, 3.8) is 0 Å². The SMILES string of the molecule is Cc1ccccc1CNC(=O)CN1CCCC(N2CCCC2=O)C1. The van der Waals surface area contributed by atoms with Crippen molar-refractivity contribution in [2.45, 2.75) is 45.2 Å². The van der Waals surface area contributed by atoms with Crippen LogP contribution in [0.4, 0.5) is 0 Å². The summed E-state index contributed by atoms with van der Waals surface area (Å²) in [6, 6.07) is 8.40. The van der Waals surface area contributed by atoms with Gasteiger partial charge in [-0.3, -0.25) is 14.5 Å². The number of aryl methyl sites for hydroxylation is 1. The highest BCUT2D eigenvalue weighted by Gasteiger charge is 2.31. The minimum Gasteiger partial charge on any atom is -0.351 e. The number of rotatable bonds is 5. The van der Waals surface area contributed by atoms with Crippen LogP contribution >= 0.6 is 0 Å².